The van der Waals surface area contributed by atoms with Crippen molar-refractivity contribution in [2.75, 3.05) is 66.1 Å². The molecule has 4 rings (SSSR count). The van der Waals surface area contributed by atoms with Crippen LogP contribution in [0.15, 0.2) is 23.1 Å². The van der Waals surface area contributed by atoms with E-state index in [0.717, 1.165) is 45.7 Å². The van der Waals surface area contributed by atoms with Crippen molar-refractivity contribution in [2.45, 2.75) is 49.6 Å². The Balaban J connectivity index is 1.25. The first-order valence-corrected chi connectivity index (χ1v) is 14.1. The van der Waals surface area contributed by atoms with E-state index in [-0.39, 0.29) is 35.1 Å². The van der Waals surface area contributed by atoms with Crippen LogP contribution in [0.2, 0.25) is 5.02 Å². The first kappa shape index (κ1) is 25.9. The third-order valence-corrected chi connectivity index (χ3v) is 10.0. The molecular weight excluding hydrogens is 476 g/mol. The van der Waals surface area contributed by atoms with E-state index < -0.39 is 10.0 Å². The topological polar surface area (TPSA) is 73.4 Å². The predicted molar refractivity (Wildman–Crippen MR) is 133 cm³/mol. The minimum atomic E-state index is -3.72. The van der Waals surface area contributed by atoms with Crippen LogP contribution in [0.25, 0.3) is 0 Å². The van der Waals surface area contributed by atoms with E-state index in [2.05, 4.69) is 16.8 Å². The van der Waals surface area contributed by atoms with Gasteiger partial charge in [0.2, 0.25) is 15.9 Å². The van der Waals surface area contributed by atoms with Gasteiger partial charge >= 0.3 is 0 Å². The maximum Gasteiger partial charge on any atom is 0.248 e. The van der Waals surface area contributed by atoms with Gasteiger partial charge in [-0.1, -0.05) is 23.7 Å². The second-order valence-electron chi connectivity index (χ2n) is 9.76. The van der Waals surface area contributed by atoms with Crippen molar-refractivity contribution in [3.8, 4) is 0 Å². The normalized spacial score (nSPS) is 24.1. The van der Waals surface area contributed by atoms with Crippen molar-refractivity contribution in [3.05, 3.63) is 28.8 Å². The smallest absolute Gasteiger partial charge is 0.248 e. The van der Waals surface area contributed by atoms with E-state index >= 15 is 0 Å². The highest BCUT2D eigenvalue weighted by atomic mass is 35.5. The summed E-state index contributed by atoms with van der Waals surface area (Å²) < 4.78 is 33.9. The van der Waals surface area contributed by atoms with Crippen LogP contribution in [0.3, 0.4) is 0 Å². The molecule has 1 aromatic carbocycles. The average molecular weight is 513 g/mol. The van der Waals surface area contributed by atoms with Crippen LogP contribution < -0.4 is 0 Å². The summed E-state index contributed by atoms with van der Waals surface area (Å²) in [6.07, 6.45) is 3.87. The number of ether oxygens (including phenoxy) is 1. The highest BCUT2D eigenvalue weighted by Crippen LogP contribution is 2.32. The van der Waals surface area contributed by atoms with Crippen molar-refractivity contribution < 1.29 is 17.9 Å². The van der Waals surface area contributed by atoms with Crippen molar-refractivity contribution in [1.29, 1.82) is 0 Å². The molecule has 3 saturated heterocycles. The second-order valence-corrected chi connectivity index (χ2v) is 12.0. The summed E-state index contributed by atoms with van der Waals surface area (Å²) in [4.78, 5) is 19.7. The molecule has 0 bridgehead atoms. The van der Waals surface area contributed by atoms with Gasteiger partial charge in [-0.25, -0.2) is 8.42 Å². The molecule has 34 heavy (non-hydrogen) atoms. The van der Waals surface area contributed by atoms with Crippen LogP contribution >= 0.6 is 11.6 Å². The van der Waals surface area contributed by atoms with Gasteiger partial charge in [0.1, 0.15) is 11.5 Å². The third-order valence-electron chi connectivity index (χ3n) is 7.46. The van der Waals surface area contributed by atoms with Gasteiger partial charge in [-0.2, -0.15) is 4.31 Å². The molecule has 10 heteroatoms. The van der Waals surface area contributed by atoms with Gasteiger partial charge in [-0.3, -0.25) is 9.69 Å². The molecule has 0 radical (unpaired) electrons. The summed E-state index contributed by atoms with van der Waals surface area (Å²) in [6.45, 7) is 7.95. The fourth-order valence-corrected chi connectivity index (χ4v) is 7.89. The number of sulfonamides is 1. The number of amides is 1. The van der Waals surface area contributed by atoms with E-state index in [1.54, 1.807) is 25.1 Å². The zero-order valence-electron chi connectivity index (χ0n) is 20.3. The quantitative estimate of drug-likeness (QED) is 0.557. The first-order chi connectivity index (χ1) is 16.3. The number of carbonyl (C=O) groups excluding carboxylic acids is 1. The summed E-state index contributed by atoms with van der Waals surface area (Å²) >= 11 is 6.25. The summed E-state index contributed by atoms with van der Waals surface area (Å²) in [7, 11) is -1.55. The summed E-state index contributed by atoms with van der Waals surface area (Å²) in [5.41, 5.74) is 0.633. The van der Waals surface area contributed by atoms with Crippen molar-refractivity contribution in [2.24, 2.45) is 0 Å². The molecule has 3 fully saturated rings. The molecule has 0 N–H and O–H groups in total. The molecule has 3 aliphatic heterocycles. The molecule has 8 nitrogen and oxygen atoms in total. The molecule has 3 aliphatic rings. The summed E-state index contributed by atoms with van der Waals surface area (Å²) in [5.74, 6) is -0.0163. The summed E-state index contributed by atoms with van der Waals surface area (Å²) in [6, 6.07) is 5.46. The molecule has 3 heterocycles. The highest BCUT2D eigenvalue weighted by molar-refractivity contribution is 7.89. The summed E-state index contributed by atoms with van der Waals surface area (Å²) in [5, 5.41) is 0.237. The van der Waals surface area contributed by atoms with Crippen LogP contribution in [0.4, 0.5) is 0 Å². The maximum atomic E-state index is 13.3. The average Bonchev–Trinajstić information content (AvgIpc) is 3.29. The van der Waals surface area contributed by atoms with Gasteiger partial charge in [0.15, 0.2) is 0 Å². The lowest BCUT2D eigenvalue weighted by molar-refractivity contribution is -0.138. The number of halogens is 1. The van der Waals surface area contributed by atoms with E-state index in [4.69, 9.17) is 16.3 Å². The van der Waals surface area contributed by atoms with Crippen LogP contribution in [0, 0.1) is 6.92 Å². The largest absolute Gasteiger partial charge is 0.370 e. The molecule has 1 amide bonds. The van der Waals surface area contributed by atoms with Gasteiger partial charge in [-0.05, 0) is 64.4 Å². The van der Waals surface area contributed by atoms with Crippen molar-refractivity contribution in [1.82, 2.24) is 19.0 Å². The Labute approximate surface area is 208 Å². The number of rotatable bonds is 7. The van der Waals surface area contributed by atoms with Crippen LogP contribution in [-0.4, -0.2) is 111 Å². The minimum absolute atomic E-state index is 0.0102. The van der Waals surface area contributed by atoms with Gasteiger partial charge in [0.25, 0.3) is 0 Å². The molecule has 0 spiro atoms. The zero-order chi connectivity index (χ0) is 24.3. The molecule has 190 valence electrons. The molecule has 0 aromatic heterocycles. The molecule has 0 unspecified atom stereocenters. The maximum absolute atomic E-state index is 13.3. The monoisotopic (exact) mass is 512 g/mol. The van der Waals surface area contributed by atoms with Crippen molar-refractivity contribution >= 4 is 27.5 Å². The lowest BCUT2D eigenvalue weighted by Crippen LogP contribution is -2.54. The molecule has 0 aliphatic carbocycles. The van der Waals surface area contributed by atoms with Gasteiger partial charge in [-0.15, -0.1) is 0 Å². The Kier molecular flexibility index (Phi) is 8.53. The van der Waals surface area contributed by atoms with Gasteiger partial charge < -0.3 is 14.5 Å². The van der Waals surface area contributed by atoms with E-state index in [9.17, 15) is 13.2 Å². The molecular formula is C24H37ClN4O4S. The number of piperazine rings is 1. The number of hydrogen-bond donors (Lipinski definition) is 0. The van der Waals surface area contributed by atoms with Crippen LogP contribution in [0.5, 0.6) is 0 Å². The first-order valence-electron chi connectivity index (χ1n) is 12.3. The number of likely N-dealkylation sites (tertiary alicyclic amines) is 1. The lowest BCUT2D eigenvalue weighted by atomic mass is 10.0. The lowest BCUT2D eigenvalue weighted by Gasteiger charge is -2.42. The number of nitrogens with zero attached hydrogens (tertiary/aromatic N) is 4. The number of carbonyl (C=O) groups is 1. The Morgan fingerprint density at radius 1 is 1.06 bits per heavy atom. The van der Waals surface area contributed by atoms with Crippen LogP contribution in [-0.2, 0) is 19.6 Å². The predicted octanol–water partition coefficient (Wildman–Crippen LogP) is 2.06. The van der Waals surface area contributed by atoms with E-state index in [0.29, 0.717) is 24.6 Å². The molecule has 0 saturated carbocycles. The van der Waals surface area contributed by atoms with Crippen molar-refractivity contribution in [3.63, 3.8) is 0 Å². The number of piperidine rings is 1. The minimum Gasteiger partial charge on any atom is -0.370 e. The fourth-order valence-electron chi connectivity index (χ4n) is 5.42. The second kappa shape index (κ2) is 11.2. The molecule has 1 atom stereocenters. The molecule has 1 aromatic rings. The highest BCUT2D eigenvalue weighted by Gasteiger charge is 2.37. The van der Waals surface area contributed by atoms with Gasteiger partial charge in [0, 0.05) is 44.8 Å². The van der Waals surface area contributed by atoms with Crippen LogP contribution in [0.1, 0.15) is 31.2 Å². The van der Waals surface area contributed by atoms with E-state index in [1.807, 2.05) is 4.90 Å². The Morgan fingerprint density at radius 3 is 2.44 bits per heavy atom. The number of hydrogen-bond acceptors (Lipinski definition) is 6. The Bertz CT molecular complexity index is 939. The zero-order valence-corrected chi connectivity index (χ0v) is 21.9. The van der Waals surface area contributed by atoms with E-state index in [1.165, 1.54) is 17.1 Å². The number of aryl methyl sites for hydroxylation is 1. The Hall–Kier alpha value is -1.23. The third kappa shape index (κ3) is 5.77. The Morgan fingerprint density at radius 2 is 1.76 bits per heavy atom. The number of benzene rings is 1. The standard InChI is InChI=1S/C24H37ClN4O4S/c1-19-5-3-7-22(25)24(19)34(31,32)29-10-4-6-21(29)17-33-18-23(30)28-15-13-27(14-16-28)20-8-11-26(2)12-9-20/h3,5,7,20-21H,4,6,8-18H2,1-2H3/t21-/m1/s1. The van der Waals surface area contributed by atoms with Gasteiger partial charge in [0.05, 0.1) is 11.6 Å². The fraction of sp³-hybridized carbons (Fsp3) is 0.708. The SMILES string of the molecule is Cc1cccc(Cl)c1S(=O)(=O)N1CCC[C@@H]1COCC(=O)N1CCN(C2CCN(C)CC2)CC1.